The summed E-state index contributed by atoms with van der Waals surface area (Å²) in [6.45, 7) is 4.99. The lowest BCUT2D eigenvalue weighted by Gasteiger charge is -2.27. The molecule has 1 N–H and O–H groups in total. The van der Waals surface area contributed by atoms with Crippen molar-refractivity contribution in [3.05, 3.63) is 70.7 Å². The molecule has 1 aliphatic carbocycles. The van der Waals surface area contributed by atoms with Gasteiger partial charge < -0.3 is 0 Å². The van der Waals surface area contributed by atoms with E-state index in [4.69, 9.17) is 0 Å². The van der Waals surface area contributed by atoms with Gasteiger partial charge in [0.05, 0.1) is 12.2 Å². The maximum Gasteiger partial charge on any atom is 0.328 e. The molecule has 3 aromatic heterocycles. The summed E-state index contributed by atoms with van der Waals surface area (Å²) in [5, 5.41) is 14.4. The van der Waals surface area contributed by atoms with E-state index in [0.717, 1.165) is 53.8 Å². The summed E-state index contributed by atoms with van der Waals surface area (Å²) in [5.41, 5.74) is 5.10. The highest BCUT2D eigenvalue weighted by Gasteiger charge is 2.24. The van der Waals surface area contributed by atoms with Crippen molar-refractivity contribution in [2.75, 3.05) is 0 Å². The predicted octanol–water partition coefficient (Wildman–Crippen LogP) is 5.81. The van der Waals surface area contributed by atoms with Gasteiger partial charge in [-0.1, -0.05) is 64.2 Å². The Labute approximate surface area is 218 Å². The first-order chi connectivity index (χ1) is 18.1. The molecule has 8 nitrogen and oxygen atoms in total. The molecule has 1 aromatic carbocycles. The number of aryl methyl sites for hydroxylation is 1. The first kappa shape index (κ1) is 25.1. The number of nitrogens with zero attached hydrogens (tertiary/aromatic N) is 6. The van der Waals surface area contributed by atoms with Crippen molar-refractivity contribution in [1.29, 1.82) is 0 Å². The van der Waals surface area contributed by atoms with Crippen LogP contribution in [0.1, 0.15) is 82.6 Å². The highest BCUT2D eigenvalue weighted by Crippen LogP contribution is 2.31. The van der Waals surface area contributed by atoms with Crippen molar-refractivity contribution >= 4 is 0 Å². The van der Waals surface area contributed by atoms with Crippen LogP contribution in [0.5, 0.6) is 0 Å². The van der Waals surface area contributed by atoms with E-state index >= 15 is 0 Å². The van der Waals surface area contributed by atoms with Crippen molar-refractivity contribution in [2.45, 2.75) is 84.2 Å². The number of tetrazole rings is 1. The second-order valence-corrected chi connectivity index (χ2v) is 10.4. The Morgan fingerprint density at radius 1 is 1.03 bits per heavy atom. The number of aromatic nitrogens is 7. The van der Waals surface area contributed by atoms with Crippen LogP contribution < -0.4 is 5.69 Å². The normalized spacial score (nSPS) is 18.4. The molecule has 8 heteroatoms. The maximum atomic E-state index is 13.8. The summed E-state index contributed by atoms with van der Waals surface area (Å²) < 4.78 is 4.02. The molecular formula is C29H37N7O. The van der Waals surface area contributed by atoms with E-state index in [9.17, 15) is 4.79 Å². The number of rotatable bonds is 8. The molecule has 2 unspecified atom stereocenters. The number of pyridine rings is 1. The third-order valence-corrected chi connectivity index (χ3v) is 7.73. The fourth-order valence-corrected chi connectivity index (χ4v) is 5.60. The number of unbranched alkanes of at least 4 members (excludes halogenated alkanes) is 1. The second-order valence-electron chi connectivity index (χ2n) is 10.4. The average molecular weight is 500 g/mol. The monoisotopic (exact) mass is 499 g/mol. The third-order valence-electron chi connectivity index (χ3n) is 7.73. The van der Waals surface area contributed by atoms with Crippen LogP contribution in [0.3, 0.4) is 0 Å². The molecular weight excluding hydrogens is 462 g/mol. The van der Waals surface area contributed by atoms with Gasteiger partial charge in [-0.3, -0.25) is 14.1 Å². The van der Waals surface area contributed by atoms with E-state index in [1.807, 2.05) is 29.0 Å². The summed E-state index contributed by atoms with van der Waals surface area (Å²) in [5.74, 6) is 1.08. The molecule has 1 saturated carbocycles. The van der Waals surface area contributed by atoms with E-state index < -0.39 is 0 Å². The number of hydrogen-bond donors (Lipinski definition) is 1. The van der Waals surface area contributed by atoms with E-state index in [2.05, 4.69) is 68.4 Å². The van der Waals surface area contributed by atoms with Crippen LogP contribution in [-0.2, 0) is 13.0 Å². The largest absolute Gasteiger partial charge is 0.328 e. The van der Waals surface area contributed by atoms with Crippen LogP contribution in [0.25, 0.3) is 22.5 Å². The molecule has 1 aliphatic rings. The van der Waals surface area contributed by atoms with Gasteiger partial charge in [0.1, 0.15) is 0 Å². The van der Waals surface area contributed by atoms with E-state index in [-0.39, 0.29) is 11.7 Å². The summed E-state index contributed by atoms with van der Waals surface area (Å²) in [4.78, 5) is 18.5. The van der Waals surface area contributed by atoms with Gasteiger partial charge in [-0.25, -0.2) is 4.79 Å². The molecule has 2 atom stereocenters. The Bertz CT molecular complexity index is 1350. The van der Waals surface area contributed by atoms with Gasteiger partial charge in [0, 0.05) is 29.7 Å². The van der Waals surface area contributed by atoms with E-state index in [1.54, 1.807) is 0 Å². The highest BCUT2D eigenvalue weighted by atomic mass is 16.1. The van der Waals surface area contributed by atoms with Crippen LogP contribution in [0.2, 0.25) is 0 Å². The summed E-state index contributed by atoms with van der Waals surface area (Å²) in [6.07, 6.45) is 14.4. The molecule has 0 radical (unpaired) electrons. The second kappa shape index (κ2) is 11.7. The molecule has 0 aliphatic heterocycles. The highest BCUT2D eigenvalue weighted by molar-refractivity contribution is 5.70. The van der Waals surface area contributed by atoms with Gasteiger partial charge in [0.25, 0.3) is 0 Å². The summed E-state index contributed by atoms with van der Waals surface area (Å²) in [6, 6.07) is 12.4. The van der Waals surface area contributed by atoms with E-state index in [0.29, 0.717) is 18.3 Å². The standard InChI is InChI=1S/C29H37N7O/c1-3-4-13-26-20-36(27-14-8-6-5-7-10-21(27)2)29(37)35(26)19-25-18-23(15-16-30-25)22-11-9-12-24(17-22)28-31-33-34-32-28/h9,11-12,15-18,20-21,27H,3-8,10,13-14,19H2,1-2H3,(H,31,32,33,34). The fraction of sp³-hybridized carbons (Fsp3) is 0.483. The molecule has 0 spiro atoms. The number of aromatic amines is 1. The van der Waals surface area contributed by atoms with Crippen molar-refractivity contribution in [1.82, 2.24) is 34.7 Å². The Balaban J connectivity index is 1.45. The van der Waals surface area contributed by atoms with Gasteiger partial charge in [-0.2, -0.15) is 5.21 Å². The average Bonchev–Trinajstić information content (AvgIpc) is 3.55. The summed E-state index contributed by atoms with van der Waals surface area (Å²) >= 11 is 0. The number of benzene rings is 1. The maximum absolute atomic E-state index is 13.8. The zero-order chi connectivity index (χ0) is 25.6. The molecule has 0 saturated heterocycles. The smallest absolute Gasteiger partial charge is 0.296 e. The lowest BCUT2D eigenvalue weighted by molar-refractivity contribution is 0.273. The first-order valence-corrected chi connectivity index (χ1v) is 13.7. The molecule has 4 aromatic rings. The van der Waals surface area contributed by atoms with Crippen molar-refractivity contribution in [2.24, 2.45) is 5.92 Å². The van der Waals surface area contributed by atoms with Gasteiger partial charge in [-0.15, -0.1) is 10.2 Å². The molecule has 3 heterocycles. The fourth-order valence-electron chi connectivity index (χ4n) is 5.60. The summed E-state index contributed by atoms with van der Waals surface area (Å²) in [7, 11) is 0. The van der Waals surface area contributed by atoms with Crippen molar-refractivity contribution in [3.63, 3.8) is 0 Å². The van der Waals surface area contributed by atoms with E-state index in [1.165, 1.54) is 32.1 Å². The van der Waals surface area contributed by atoms with Crippen LogP contribution in [0.15, 0.2) is 53.6 Å². The van der Waals surface area contributed by atoms with Crippen LogP contribution in [0, 0.1) is 5.92 Å². The lowest BCUT2D eigenvalue weighted by Crippen LogP contribution is -2.31. The van der Waals surface area contributed by atoms with Gasteiger partial charge in [-0.05, 0) is 66.1 Å². The van der Waals surface area contributed by atoms with Crippen LogP contribution in [0.4, 0.5) is 0 Å². The molecule has 0 amide bonds. The SMILES string of the molecule is CCCCc1cn(C2CCCCCCC2C)c(=O)n1Cc1cc(-c2cccc(-c3nn[nH]n3)c2)ccn1. The predicted molar refractivity (Wildman–Crippen MR) is 145 cm³/mol. The quantitative estimate of drug-likeness (QED) is 0.330. The lowest BCUT2D eigenvalue weighted by atomic mass is 9.88. The van der Waals surface area contributed by atoms with Crippen molar-refractivity contribution < 1.29 is 0 Å². The Kier molecular flexibility index (Phi) is 7.92. The minimum absolute atomic E-state index is 0.106. The van der Waals surface area contributed by atoms with Crippen LogP contribution >= 0.6 is 0 Å². The van der Waals surface area contributed by atoms with Gasteiger partial charge in [0.15, 0.2) is 0 Å². The molecule has 194 valence electrons. The molecule has 37 heavy (non-hydrogen) atoms. The Morgan fingerprint density at radius 3 is 2.65 bits per heavy atom. The van der Waals surface area contributed by atoms with Gasteiger partial charge in [0.2, 0.25) is 5.82 Å². The van der Waals surface area contributed by atoms with Crippen LogP contribution in [-0.4, -0.2) is 34.7 Å². The number of H-pyrrole nitrogens is 1. The first-order valence-electron chi connectivity index (χ1n) is 13.7. The topological polar surface area (TPSA) is 94.3 Å². The zero-order valence-corrected chi connectivity index (χ0v) is 21.9. The minimum Gasteiger partial charge on any atom is -0.296 e. The Morgan fingerprint density at radius 2 is 1.84 bits per heavy atom. The van der Waals surface area contributed by atoms with Gasteiger partial charge >= 0.3 is 5.69 Å². The number of nitrogens with one attached hydrogen (secondary N) is 1. The van der Waals surface area contributed by atoms with Crippen molar-refractivity contribution in [3.8, 4) is 22.5 Å². The number of hydrogen-bond acceptors (Lipinski definition) is 5. The molecule has 0 bridgehead atoms. The zero-order valence-electron chi connectivity index (χ0n) is 21.9. The minimum atomic E-state index is 0.106. The molecule has 5 rings (SSSR count). The Hall–Kier alpha value is -3.55. The molecule has 1 fully saturated rings. The third kappa shape index (κ3) is 5.73. The number of imidazole rings is 1.